The van der Waals surface area contributed by atoms with Crippen molar-refractivity contribution in [2.75, 3.05) is 5.73 Å². The van der Waals surface area contributed by atoms with Gasteiger partial charge in [-0.15, -0.1) is 0 Å². The van der Waals surface area contributed by atoms with Gasteiger partial charge in [-0.25, -0.2) is 0 Å². The Labute approximate surface area is 93.0 Å². The Morgan fingerprint density at radius 1 is 1.06 bits per heavy atom. The molecule has 0 heterocycles. The molecule has 0 fully saturated rings. The monoisotopic (exact) mass is 210 g/mol. The molecular weight excluding hydrogens is 200 g/mol. The Hall–Kier alpha value is -2.47. The first-order valence-corrected chi connectivity index (χ1v) is 4.77. The number of hydrogen-bond donors (Lipinski definition) is 2. The fourth-order valence-corrected chi connectivity index (χ4v) is 1.56. The number of rotatable bonds is 0. The second-order valence-electron chi connectivity index (χ2n) is 3.36. The van der Waals surface area contributed by atoms with E-state index in [0.29, 0.717) is 5.69 Å². The van der Waals surface area contributed by atoms with E-state index in [1.807, 2.05) is 24.3 Å². The van der Waals surface area contributed by atoms with Crippen LogP contribution in [-0.4, -0.2) is 5.91 Å². The average Bonchev–Trinajstić information content (AvgIpc) is 2.28. The summed E-state index contributed by atoms with van der Waals surface area (Å²) >= 11 is 0. The molecule has 0 unspecified atom stereocenters. The highest BCUT2D eigenvalue weighted by molar-refractivity contribution is 5.98. The summed E-state index contributed by atoms with van der Waals surface area (Å²) in [6.45, 7) is 0. The lowest BCUT2D eigenvalue weighted by molar-refractivity contribution is -0.112. The number of carbonyl (C=O) groups excluding carboxylic acids is 1. The normalized spacial score (nSPS) is 9.50. The molecule has 0 aliphatic heterocycles. The number of nitrogens with two attached hydrogens (primary N) is 2. The maximum absolute atomic E-state index is 10.6. The zero-order chi connectivity index (χ0) is 11.5. The molecule has 0 saturated heterocycles. The molecule has 16 heavy (non-hydrogen) atoms. The van der Waals surface area contributed by atoms with Crippen molar-refractivity contribution < 1.29 is 4.79 Å². The highest BCUT2D eigenvalue weighted by Crippen LogP contribution is 2.23. The predicted octanol–water partition coefficient (Wildman–Crippen LogP) is 1.26. The van der Waals surface area contributed by atoms with Gasteiger partial charge in [0.25, 0.3) is 5.91 Å². The maximum atomic E-state index is 10.6. The van der Waals surface area contributed by atoms with Crippen LogP contribution < -0.4 is 11.5 Å². The van der Waals surface area contributed by atoms with Gasteiger partial charge in [0, 0.05) is 22.6 Å². The number of hydrogen-bond acceptors (Lipinski definition) is 2. The Morgan fingerprint density at radius 3 is 2.44 bits per heavy atom. The molecule has 0 aliphatic rings. The number of nitrogen functional groups attached to an aromatic ring is 1. The van der Waals surface area contributed by atoms with Gasteiger partial charge in [0.2, 0.25) is 0 Å². The van der Waals surface area contributed by atoms with Crippen molar-refractivity contribution in [3.63, 3.8) is 0 Å². The fourth-order valence-electron chi connectivity index (χ4n) is 1.56. The molecule has 1 amide bonds. The van der Waals surface area contributed by atoms with Crippen molar-refractivity contribution in [1.29, 1.82) is 0 Å². The van der Waals surface area contributed by atoms with Gasteiger partial charge in [0.05, 0.1) is 0 Å². The van der Waals surface area contributed by atoms with E-state index in [-0.39, 0.29) is 0 Å². The summed E-state index contributed by atoms with van der Waals surface area (Å²) in [4.78, 5) is 10.6. The molecule has 0 radical (unpaired) electrons. The summed E-state index contributed by atoms with van der Waals surface area (Å²) in [5.74, 6) is 4.42. The molecule has 0 aromatic heterocycles. The van der Waals surface area contributed by atoms with E-state index in [4.69, 9.17) is 11.5 Å². The van der Waals surface area contributed by atoms with E-state index in [1.165, 1.54) is 0 Å². The van der Waals surface area contributed by atoms with E-state index in [1.54, 1.807) is 12.1 Å². The fraction of sp³-hybridized carbons (Fsp3) is 0. The molecule has 0 bridgehead atoms. The van der Waals surface area contributed by atoms with E-state index in [2.05, 4.69) is 11.8 Å². The third kappa shape index (κ3) is 1.82. The van der Waals surface area contributed by atoms with E-state index < -0.39 is 5.91 Å². The Morgan fingerprint density at radius 2 is 1.75 bits per heavy atom. The van der Waals surface area contributed by atoms with Crippen LogP contribution in [0.2, 0.25) is 0 Å². The van der Waals surface area contributed by atoms with Crippen molar-refractivity contribution in [3.8, 4) is 11.8 Å². The van der Waals surface area contributed by atoms with E-state index >= 15 is 0 Å². The van der Waals surface area contributed by atoms with Gasteiger partial charge in [0.15, 0.2) is 0 Å². The van der Waals surface area contributed by atoms with Crippen LogP contribution in [0.5, 0.6) is 0 Å². The lowest BCUT2D eigenvalue weighted by Gasteiger charge is -2.03. The minimum absolute atomic E-state index is 0.638. The number of benzene rings is 2. The molecule has 78 valence electrons. The molecule has 2 aromatic rings. The Kier molecular flexibility index (Phi) is 2.49. The molecule has 3 heteroatoms. The second kappa shape index (κ2) is 3.95. The van der Waals surface area contributed by atoms with Crippen LogP contribution in [0.4, 0.5) is 5.69 Å². The van der Waals surface area contributed by atoms with Gasteiger partial charge >= 0.3 is 0 Å². The Bertz CT molecular complexity index is 621. The molecule has 0 atom stereocenters. The average molecular weight is 210 g/mol. The lowest BCUT2D eigenvalue weighted by atomic mass is 10.0. The van der Waals surface area contributed by atoms with Gasteiger partial charge in [-0.05, 0) is 17.5 Å². The van der Waals surface area contributed by atoms with Gasteiger partial charge in [-0.2, -0.15) is 0 Å². The van der Waals surface area contributed by atoms with Gasteiger partial charge < -0.3 is 11.5 Å². The predicted molar refractivity (Wildman–Crippen MR) is 64.4 cm³/mol. The van der Waals surface area contributed by atoms with Crippen molar-refractivity contribution in [2.45, 2.75) is 0 Å². The summed E-state index contributed by atoms with van der Waals surface area (Å²) in [6, 6.07) is 11.2. The summed E-state index contributed by atoms with van der Waals surface area (Å²) in [7, 11) is 0. The highest BCUT2D eigenvalue weighted by atomic mass is 16.1. The van der Waals surface area contributed by atoms with E-state index in [0.717, 1.165) is 16.3 Å². The van der Waals surface area contributed by atoms with Crippen LogP contribution in [-0.2, 0) is 4.79 Å². The Balaban J connectivity index is 2.69. The van der Waals surface area contributed by atoms with Crippen molar-refractivity contribution in [1.82, 2.24) is 0 Å². The van der Waals surface area contributed by atoms with E-state index in [9.17, 15) is 4.79 Å². The maximum Gasteiger partial charge on any atom is 0.293 e. The third-order valence-corrected chi connectivity index (χ3v) is 2.28. The van der Waals surface area contributed by atoms with Crippen LogP contribution in [0.25, 0.3) is 10.8 Å². The first kappa shape index (κ1) is 10.1. The number of primary amides is 1. The third-order valence-electron chi connectivity index (χ3n) is 2.28. The first-order valence-electron chi connectivity index (χ1n) is 4.77. The minimum atomic E-state index is -0.638. The van der Waals surface area contributed by atoms with Gasteiger partial charge in [-0.1, -0.05) is 30.2 Å². The second-order valence-corrected chi connectivity index (χ2v) is 3.36. The molecule has 4 N–H and O–H groups in total. The molecule has 0 saturated carbocycles. The number of carbonyl (C=O) groups is 1. The molecule has 3 nitrogen and oxygen atoms in total. The van der Waals surface area contributed by atoms with Gasteiger partial charge in [0.1, 0.15) is 0 Å². The molecule has 2 rings (SSSR count). The largest absolute Gasteiger partial charge is 0.398 e. The number of anilines is 1. The minimum Gasteiger partial charge on any atom is -0.398 e. The van der Waals surface area contributed by atoms with Gasteiger partial charge in [-0.3, -0.25) is 4.79 Å². The highest BCUT2D eigenvalue weighted by Gasteiger charge is 2.00. The summed E-state index contributed by atoms with van der Waals surface area (Å²) in [5.41, 5.74) is 12.3. The quantitative estimate of drug-likeness (QED) is 0.507. The zero-order valence-electron chi connectivity index (χ0n) is 8.53. The molecule has 2 aromatic carbocycles. The smallest absolute Gasteiger partial charge is 0.293 e. The SMILES string of the molecule is NC(=O)C#Cc1ccc(N)c2ccccc12. The summed E-state index contributed by atoms with van der Waals surface area (Å²) in [5, 5.41) is 1.86. The summed E-state index contributed by atoms with van der Waals surface area (Å²) < 4.78 is 0. The molecule has 0 spiro atoms. The van der Waals surface area contributed by atoms with Crippen LogP contribution in [0.3, 0.4) is 0 Å². The standard InChI is InChI=1S/C13H10N2O/c14-12-7-5-9(6-8-13(15)16)10-3-1-2-4-11(10)12/h1-5,7H,14H2,(H2,15,16). The van der Waals surface area contributed by atoms with Crippen molar-refractivity contribution >= 4 is 22.4 Å². The topological polar surface area (TPSA) is 69.1 Å². The first-order chi connectivity index (χ1) is 7.68. The number of amides is 1. The molecule has 0 aliphatic carbocycles. The summed E-state index contributed by atoms with van der Waals surface area (Å²) in [6.07, 6.45) is 0. The van der Waals surface area contributed by atoms with Crippen molar-refractivity contribution in [2.24, 2.45) is 5.73 Å². The van der Waals surface area contributed by atoms with Crippen LogP contribution in [0.15, 0.2) is 36.4 Å². The van der Waals surface area contributed by atoms with Crippen LogP contribution in [0.1, 0.15) is 5.56 Å². The lowest BCUT2D eigenvalue weighted by Crippen LogP contribution is -2.06. The zero-order valence-corrected chi connectivity index (χ0v) is 8.53. The molecular formula is C13H10N2O. The van der Waals surface area contributed by atoms with Crippen molar-refractivity contribution in [3.05, 3.63) is 42.0 Å². The van der Waals surface area contributed by atoms with Crippen LogP contribution in [0, 0.1) is 11.8 Å². The number of fused-ring (bicyclic) bond motifs is 1. The van der Waals surface area contributed by atoms with Crippen LogP contribution >= 0.6 is 0 Å².